The summed E-state index contributed by atoms with van der Waals surface area (Å²) in [6, 6.07) is 2.15. The largest absolute Gasteiger partial charge is 0.510 e. The molecule has 0 bridgehead atoms. The quantitative estimate of drug-likeness (QED) is 0.363. The molecular formula is C29H37N3O7. The molecule has 39 heavy (non-hydrogen) atoms. The highest BCUT2D eigenvalue weighted by molar-refractivity contribution is 6.25. The molecule has 210 valence electrons. The number of carbonyl (C=O) groups is 3. The van der Waals surface area contributed by atoms with Crippen LogP contribution < -0.4 is 10.2 Å². The number of phenolic OH excluding ortho intramolecular Hbond substituents is 1. The molecular weight excluding hydrogens is 502 g/mol. The molecule has 4 aliphatic carbocycles. The third kappa shape index (κ3) is 3.87. The van der Waals surface area contributed by atoms with Gasteiger partial charge in [0.05, 0.1) is 11.6 Å². The number of nitrogens with zero attached hydrogens (tertiary/aromatic N) is 2. The fourth-order valence-corrected chi connectivity index (χ4v) is 7.25. The topological polar surface area (TPSA) is 151 Å². The number of hydrogen-bond acceptors (Lipinski definition) is 9. The van der Waals surface area contributed by atoms with Crippen LogP contribution >= 0.6 is 0 Å². The van der Waals surface area contributed by atoms with E-state index in [9.17, 15) is 34.8 Å². The van der Waals surface area contributed by atoms with Crippen molar-refractivity contribution in [2.24, 2.45) is 11.8 Å². The third-order valence-corrected chi connectivity index (χ3v) is 9.17. The summed E-state index contributed by atoms with van der Waals surface area (Å²) in [6.45, 7) is 1.88. The summed E-state index contributed by atoms with van der Waals surface area (Å²) in [7, 11) is 6.96. The van der Waals surface area contributed by atoms with Crippen LogP contribution in [-0.4, -0.2) is 88.2 Å². The van der Waals surface area contributed by atoms with Gasteiger partial charge in [0.2, 0.25) is 5.78 Å². The molecule has 1 saturated carbocycles. The second-order valence-electron chi connectivity index (χ2n) is 12.2. The van der Waals surface area contributed by atoms with Crippen LogP contribution in [0.3, 0.4) is 0 Å². The van der Waals surface area contributed by atoms with E-state index in [1.165, 1.54) is 6.07 Å². The Labute approximate surface area is 227 Å². The molecule has 5 rings (SSSR count). The minimum absolute atomic E-state index is 0.0268. The molecule has 0 aliphatic heterocycles. The van der Waals surface area contributed by atoms with Crippen molar-refractivity contribution >= 4 is 23.2 Å². The molecule has 10 nitrogen and oxygen atoms in total. The number of ketones is 2. The van der Waals surface area contributed by atoms with Crippen LogP contribution in [-0.2, 0) is 16.0 Å². The van der Waals surface area contributed by atoms with Crippen LogP contribution in [0.15, 0.2) is 34.8 Å². The zero-order valence-corrected chi connectivity index (χ0v) is 23.0. The van der Waals surface area contributed by atoms with Gasteiger partial charge in [-0.25, -0.2) is 0 Å². The minimum atomic E-state index is -2.60. The zero-order valence-electron chi connectivity index (χ0n) is 23.0. The van der Waals surface area contributed by atoms with Crippen molar-refractivity contribution < 1.29 is 34.8 Å². The maximum Gasteiger partial charge on any atom is 0.258 e. The summed E-state index contributed by atoms with van der Waals surface area (Å²) >= 11 is 0. The Morgan fingerprint density at radius 2 is 1.69 bits per heavy atom. The molecule has 5 N–H and O–H groups in total. The van der Waals surface area contributed by atoms with Gasteiger partial charge < -0.3 is 30.6 Å². The van der Waals surface area contributed by atoms with Gasteiger partial charge in [-0.1, -0.05) is 12.8 Å². The van der Waals surface area contributed by atoms with E-state index in [1.807, 2.05) is 25.9 Å². The average molecular weight is 540 g/mol. The highest BCUT2D eigenvalue weighted by atomic mass is 16.3. The second kappa shape index (κ2) is 9.09. The molecule has 4 aliphatic rings. The maximum absolute atomic E-state index is 13.9. The lowest BCUT2D eigenvalue weighted by atomic mass is 9.58. The number of Topliss-reactive ketones (excluding diaryl/α,β-unsaturated/α-hetero) is 2. The normalized spacial score (nSPS) is 29.8. The van der Waals surface area contributed by atoms with E-state index in [-0.39, 0.29) is 29.7 Å². The number of nitrogens with one attached hydrogen (secondary N) is 1. The lowest BCUT2D eigenvalue weighted by Gasteiger charge is -2.50. The Balaban J connectivity index is 1.65. The van der Waals surface area contributed by atoms with Crippen molar-refractivity contribution in [3.63, 3.8) is 0 Å². The van der Waals surface area contributed by atoms with E-state index in [2.05, 4.69) is 5.32 Å². The number of fused-ring (bicyclic) bond motifs is 3. The van der Waals surface area contributed by atoms with Crippen LogP contribution in [0.5, 0.6) is 5.75 Å². The average Bonchev–Trinajstić information content (AvgIpc) is 3.26. The number of benzene rings is 1. The number of aliphatic hydroxyl groups excluding tert-OH is 2. The van der Waals surface area contributed by atoms with Crippen molar-refractivity contribution in [1.82, 2.24) is 10.2 Å². The number of aromatic hydroxyl groups is 1. The molecule has 10 heteroatoms. The molecule has 4 atom stereocenters. The van der Waals surface area contributed by atoms with Gasteiger partial charge in [0.25, 0.3) is 5.91 Å². The SMILES string of the molecule is CN(C)c1ccc(O)c2c1CC1CC3C(N(C)C)C(O)=C(C(=O)NC4(C)CCCC4)C(=O)C3(O)C(O)=C1C2=O. The standard InChI is InChI=1S/C29H37N3O7/c1-28(10-6-7-11-28)30-27(38)21-24(35)22(32(4)5)16-13-14-12-15-17(31(2)3)8-9-18(33)20(15)23(34)19(14)25(36)29(16,39)26(21)37/h8-9,14,16,22,33,35-36,39H,6-7,10-13H2,1-5H3,(H,30,38). The van der Waals surface area contributed by atoms with Gasteiger partial charge in [0, 0.05) is 36.8 Å². The monoisotopic (exact) mass is 539 g/mol. The maximum atomic E-state index is 13.9. The lowest BCUT2D eigenvalue weighted by molar-refractivity contribution is -0.149. The first-order valence-corrected chi connectivity index (χ1v) is 13.4. The van der Waals surface area contributed by atoms with E-state index >= 15 is 0 Å². The van der Waals surface area contributed by atoms with Gasteiger partial charge in [0.1, 0.15) is 22.8 Å². The summed E-state index contributed by atoms with van der Waals surface area (Å²) in [5.74, 6) is -5.72. The first kappa shape index (κ1) is 27.2. The molecule has 1 aromatic carbocycles. The number of allylic oxidation sites excluding steroid dienone is 1. The number of amides is 1. The molecule has 0 saturated heterocycles. The predicted molar refractivity (Wildman–Crippen MR) is 144 cm³/mol. The van der Waals surface area contributed by atoms with Gasteiger partial charge in [0.15, 0.2) is 11.4 Å². The van der Waals surface area contributed by atoms with Crippen LogP contribution in [0.4, 0.5) is 5.69 Å². The van der Waals surface area contributed by atoms with Gasteiger partial charge in [-0.2, -0.15) is 0 Å². The second-order valence-corrected chi connectivity index (χ2v) is 12.2. The van der Waals surface area contributed by atoms with Crippen molar-refractivity contribution in [2.45, 2.75) is 62.6 Å². The summed E-state index contributed by atoms with van der Waals surface area (Å²) < 4.78 is 0. The number of rotatable bonds is 4. The van der Waals surface area contributed by atoms with Crippen LogP contribution in [0.1, 0.15) is 54.9 Å². The molecule has 0 radical (unpaired) electrons. The van der Waals surface area contributed by atoms with Gasteiger partial charge >= 0.3 is 0 Å². The van der Waals surface area contributed by atoms with E-state index in [0.717, 1.165) is 18.5 Å². The summed E-state index contributed by atoms with van der Waals surface area (Å²) in [5, 5.41) is 48.4. The third-order valence-electron chi connectivity index (χ3n) is 9.17. The Morgan fingerprint density at radius 1 is 1.05 bits per heavy atom. The molecule has 0 aromatic heterocycles. The highest BCUT2D eigenvalue weighted by Crippen LogP contribution is 2.53. The smallest absolute Gasteiger partial charge is 0.258 e. The fraction of sp³-hybridized carbons (Fsp3) is 0.552. The van der Waals surface area contributed by atoms with Crippen LogP contribution in [0.2, 0.25) is 0 Å². The molecule has 1 aromatic rings. The Kier molecular flexibility index (Phi) is 6.34. The Bertz CT molecular complexity index is 1340. The lowest BCUT2D eigenvalue weighted by Crippen LogP contribution is -2.64. The Hall–Kier alpha value is -3.37. The van der Waals surface area contributed by atoms with Crippen molar-refractivity contribution in [2.75, 3.05) is 33.1 Å². The highest BCUT2D eigenvalue weighted by Gasteiger charge is 2.63. The number of likely N-dealkylation sites (N-methyl/N-ethyl adjacent to an activating group) is 1. The number of carbonyl (C=O) groups excluding carboxylic acids is 3. The van der Waals surface area contributed by atoms with Crippen LogP contribution in [0, 0.1) is 11.8 Å². The van der Waals surface area contributed by atoms with Crippen molar-refractivity contribution in [3.8, 4) is 5.75 Å². The predicted octanol–water partition coefficient (Wildman–Crippen LogP) is 2.15. The fourth-order valence-electron chi connectivity index (χ4n) is 7.25. The summed E-state index contributed by atoms with van der Waals surface area (Å²) in [4.78, 5) is 44.6. The number of anilines is 1. The van der Waals surface area contributed by atoms with Gasteiger partial charge in [-0.15, -0.1) is 0 Å². The summed E-state index contributed by atoms with van der Waals surface area (Å²) in [5.41, 5.74) is -2.51. The van der Waals surface area contributed by atoms with E-state index in [4.69, 9.17) is 0 Å². The van der Waals surface area contributed by atoms with E-state index in [1.54, 1.807) is 25.1 Å². The Morgan fingerprint density at radius 3 is 2.28 bits per heavy atom. The molecule has 4 unspecified atom stereocenters. The zero-order chi connectivity index (χ0) is 28.6. The minimum Gasteiger partial charge on any atom is -0.510 e. The van der Waals surface area contributed by atoms with Gasteiger partial charge in [-0.3, -0.25) is 19.3 Å². The molecule has 0 spiro atoms. The van der Waals surface area contributed by atoms with Crippen LogP contribution in [0.25, 0.3) is 0 Å². The summed E-state index contributed by atoms with van der Waals surface area (Å²) in [6.07, 6.45) is 3.64. The molecule has 0 heterocycles. The number of phenols is 1. The molecule has 1 amide bonds. The van der Waals surface area contributed by atoms with E-state index in [0.29, 0.717) is 18.4 Å². The number of aliphatic hydroxyl groups is 3. The first-order chi connectivity index (χ1) is 18.2. The van der Waals surface area contributed by atoms with Crippen molar-refractivity contribution in [1.29, 1.82) is 0 Å². The van der Waals surface area contributed by atoms with Gasteiger partial charge in [-0.05, 0) is 70.3 Å². The van der Waals surface area contributed by atoms with Crippen molar-refractivity contribution in [3.05, 3.63) is 45.9 Å². The van der Waals surface area contributed by atoms with E-state index < -0.39 is 63.6 Å². The number of hydrogen-bond donors (Lipinski definition) is 5. The first-order valence-electron chi connectivity index (χ1n) is 13.4. The molecule has 1 fully saturated rings.